The van der Waals surface area contributed by atoms with Gasteiger partial charge < -0.3 is 10.5 Å². The molecular formula is C15H16N4O. The van der Waals surface area contributed by atoms with Crippen LogP contribution in [0.25, 0.3) is 0 Å². The highest BCUT2D eigenvalue weighted by molar-refractivity contribution is 5.46. The Morgan fingerprint density at radius 2 is 2.25 bits per heavy atom. The molecule has 1 heterocycles. The Bertz CT molecular complexity index is 634. The van der Waals surface area contributed by atoms with E-state index >= 15 is 0 Å². The summed E-state index contributed by atoms with van der Waals surface area (Å²) in [6, 6.07) is 9.92. The van der Waals surface area contributed by atoms with E-state index in [2.05, 4.69) is 23.0 Å². The van der Waals surface area contributed by atoms with Crippen LogP contribution in [0.2, 0.25) is 0 Å². The molecule has 0 saturated carbocycles. The SMILES string of the molecule is CCc1cccc(OCCc2ncc(C#N)c(N)n2)c1. The summed E-state index contributed by atoms with van der Waals surface area (Å²) >= 11 is 0. The van der Waals surface area contributed by atoms with Gasteiger partial charge in [-0.1, -0.05) is 19.1 Å². The number of hydrogen-bond donors (Lipinski definition) is 1. The van der Waals surface area contributed by atoms with Crippen LogP contribution in [0.1, 0.15) is 23.9 Å². The van der Waals surface area contributed by atoms with Gasteiger partial charge in [-0.15, -0.1) is 0 Å². The molecule has 0 radical (unpaired) electrons. The summed E-state index contributed by atoms with van der Waals surface area (Å²) < 4.78 is 5.66. The lowest BCUT2D eigenvalue weighted by atomic mass is 10.2. The Labute approximate surface area is 118 Å². The summed E-state index contributed by atoms with van der Waals surface area (Å²) in [5.41, 5.74) is 7.17. The summed E-state index contributed by atoms with van der Waals surface area (Å²) in [7, 11) is 0. The fraction of sp³-hybridized carbons (Fsp3) is 0.267. The zero-order valence-electron chi connectivity index (χ0n) is 11.3. The number of hydrogen-bond acceptors (Lipinski definition) is 5. The number of aryl methyl sites for hydroxylation is 1. The highest BCUT2D eigenvalue weighted by Gasteiger charge is 2.04. The molecule has 5 nitrogen and oxygen atoms in total. The van der Waals surface area contributed by atoms with Gasteiger partial charge in [0.25, 0.3) is 0 Å². The van der Waals surface area contributed by atoms with Gasteiger partial charge in [-0.3, -0.25) is 0 Å². The van der Waals surface area contributed by atoms with Crippen molar-refractivity contribution in [3.63, 3.8) is 0 Å². The van der Waals surface area contributed by atoms with E-state index in [-0.39, 0.29) is 5.82 Å². The average molecular weight is 268 g/mol. The lowest BCUT2D eigenvalue weighted by Crippen LogP contribution is -2.07. The topological polar surface area (TPSA) is 84.8 Å². The van der Waals surface area contributed by atoms with Gasteiger partial charge in [0.05, 0.1) is 12.8 Å². The normalized spacial score (nSPS) is 10.0. The molecule has 2 N–H and O–H groups in total. The van der Waals surface area contributed by atoms with Gasteiger partial charge in [0, 0.05) is 6.42 Å². The third kappa shape index (κ3) is 3.45. The summed E-state index contributed by atoms with van der Waals surface area (Å²) in [5, 5.41) is 8.75. The molecule has 1 aromatic carbocycles. The summed E-state index contributed by atoms with van der Waals surface area (Å²) in [4.78, 5) is 8.15. The van der Waals surface area contributed by atoms with Crippen LogP contribution in [0, 0.1) is 11.3 Å². The van der Waals surface area contributed by atoms with E-state index in [0.717, 1.165) is 12.2 Å². The molecule has 102 valence electrons. The van der Waals surface area contributed by atoms with Crippen molar-refractivity contribution in [1.29, 1.82) is 5.26 Å². The lowest BCUT2D eigenvalue weighted by molar-refractivity contribution is 0.318. The van der Waals surface area contributed by atoms with E-state index in [9.17, 15) is 0 Å². The van der Waals surface area contributed by atoms with E-state index in [1.54, 1.807) is 0 Å². The van der Waals surface area contributed by atoms with Crippen molar-refractivity contribution in [3.8, 4) is 11.8 Å². The van der Waals surface area contributed by atoms with Gasteiger partial charge in [0.15, 0.2) is 0 Å². The first-order valence-corrected chi connectivity index (χ1v) is 6.46. The molecule has 0 aliphatic heterocycles. The lowest BCUT2D eigenvalue weighted by Gasteiger charge is -2.07. The fourth-order valence-corrected chi connectivity index (χ4v) is 1.76. The summed E-state index contributed by atoms with van der Waals surface area (Å²) in [6.07, 6.45) is 2.97. The number of anilines is 1. The third-order valence-corrected chi connectivity index (χ3v) is 2.89. The summed E-state index contributed by atoms with van der Waals surface area (Å²) in [5.74, 6) is 1.63. The second-order valence-electron chi connectivity index (χ2n) is 4.30. The molecule has 0 unspecified atom stereocenters. The maximum Gasteiger partial charge on any atom is 0.145 e. The first kappa shape index (κ1) is 13.8. The van der Waals surface area contributed by atoms with E-state index in [4.69, 9.17) is 15.7 Å². The first-order valence-electron chi connectivity index (χ1n) is 6.46. The van der Waals surface area contributed by atoms with Crippen LogP contribution in [0.5, 0.6) is 5.75 Å². The van der Waals surface area contributed by atoms with Gasteiger partial charge in [-0.05, 0) is 24.1 Å². The van der Waals surface area contributed by atoms with Gasteiger partial charge in [-0.25, -0.2) is 9.97 Å². The van der Waals surface area contributed by atoms with E-state index in [1.165, 1.54) is 11.8 Å². The van der Waals surface area contributed by atoms with Crippen molar-refractivity contribution in [3.05, 3.63) is 47.4 Å². The minimum Gasteiger partial charge on any atom is -0.493 e. The molecule has 0 saturated heterocycles. The fourth-order valence-electron chi connectivity index (χ4n) is 1.76. The second kappa shape index (κ2) is 6.53. The van der Waals surface area contributed by atoms with E-state index in [0.29, 0.717) is 24.4 Å². The minimum absolute atomic E-state index is 0.213. The Balaban J connectivity index is 1.92. The molecule has 0 atom stereocenters. The van der Waals surface area contributed by atoms with Crippen LogP contribution in [-0.4, -0.2) is 16.6 Å². The Hall–Kier alpha value is -2.61. The van der Waals surface area contributed by atoms with Crippen LogP contribution in [0.15, 0.2) is 30.5 Å². The standard InChI is InChI=1S/C15H16N4O/c1-2-11-4-3-5-13(8-11)20-7-6-14-18-10-12(9-16)15(17)19-14/h3-5,8,10H,2,6-7H2,1H3,(H2,17,18,19). The monoisotopic (exact) mass is 268 g/mol. The zero-order chi connectivity index (χ0) is 14.4. The molecule has 0 amide bonds. The molecule has 0 spiro atoms. The van der Waals surface area contributed by atoms with Gasteiger partial charge >= 0.3 is 0 Å². The van der Waals surface area contributed by atoms with Crippen molar-refractivity contribution in [1.82, 2.24) is 9.97 Å². The molecule has 2 aromatic rings. The molecule has 0 aliphatic rings. The third-order valence-electron chi connectivity index (χ3n) is 2.89. The maximum atomic E-state index is 8.75. The molecule has 20 heavy (non-hydrogen) atoms. The van der Waals surface area contributed by atoms with Crippen molar-refractivity contribution >= 4 is 5.82 Å². The maximum absolute atomic E-state index is 8.75. The number of benzene rings is 1. The molecule has 0 aliphatic carbocycles. The number of nitrogen functional groups attached to an aromatic ring is 1. The molecule has 2 rings (SSSR count). The number of ether oxygens (including phenoxy) is 1. The Morgan fingerprint density at radius 3 is 2.95 bits per heavy atom. The van der Waals surface area contributed by atoms with Gasteiger partial charge in [0.1, 0.15) is 29.0 Å². The highest BCUT2D eigenvalue weighted by atomic mass is 16.5. The van der Waals surface area contributed by atoms with E-state index < -0.39 is 0 Å². The Morgan fingerprint density at radius 1 is 1.40 bits per heavy atom. The molecule has 1 aromatic heterocycles. The molecule has 0 fully saturated rings. The van der Waals surface area contributed by atoms with E-state index in [1.807, 2.05) is 24.3 Å². The molecular weight excluding hydrogens is 252 g/mol. The predicted molar refractivity (Wildman–Crippen MR) is 76.2 cm³/mol. The number of nitriles is 1. The smallest absolute Gasteiger partial charge is 0.145 e. The first-order chi connectivity index (χ1) is 9.72. The van der Waals surface area contributed by atoms with Crippen LogP contribution in [-0.2, 0) is 12.8 Å². The number of nitrogens with zero attached hydrogens (tertiary/aromatic N) is 3. The minimum atomic E-state index is 0.213. The van der Waals surface area contributed by atoms with Crippen LogP contribution < -0.4 is 10.5 Å². The largest absolute Gasteiger partial charge is 0.493 e. The number of rotatable bonds is 5. The summed E-state index contributed by atoms with van der Waals surface area (Å²) in [6.45, 7) is 2.57. The van der Waals surface area contributed by atoms with Crippen molar-refractivity contribution in [2.45, 2.75) is 19.8 Å². The van der Waals surface area contributed by atoms with Gasteiger partial charge in [-0.2, -0.15) is 5.26 Å². The van der Waals surface area contributed by atoms with Crippen LogP contribution >= 0.6 is 0 Å². The zero-order valence-corrected chi connectivity index (χ0v) is 11.3. The quantitative estimate of drug-likeness (QED) is 0.897. The predicted octanol–water partition coefficient (Wildman–Crippen LogP) is 2.11. The number of nitrogens with two attached hydrogens (primary N) is 1. The molecule has 0 bridgehead atoms. The average Bonchev–Trinajstić information content (AvgIpc) is 2.48. The van der Waals surface area contributed by atoms with Gasteiger partial charge in [0.2, 0.25) is 0 Å². The highest BCUT2D eigenvalue weighted by Crippen LogP contribution is 2.14. The van der Waals surface area contributed by atoms with Crippen LogP contribution in [0.3, 0.4) is 0 Å². The van der Waals surface area contributed by atoms with Crippen molar-refractivity contribution < 1.29 is 4.74 Å². The Kier molecular flexibility index (Phi) is 4.51. The van der Waals surface area contributed by atoms with Crippen molar-refractivity contribution in [2.24, 2.45) is 0 Å². The molecule has 5 heteroatoms. The van der Waals surface area contributed by atoms with Crippen molar-refractivity contribution in [2.75, 3.05) is 12.3 Å². The second-order valence-corrected chi connectivity index (χ2v) is 4.30. The number of aromatic nitrogens is 2. The van der Waals surface area contributed by atoms with Crippen LogP contribution in [0.4, 0.5) is 5.82 Å².